The van der Waals surface area contributed by atoms with Crippen molar-refractivity contribution >= 4 is 6.21 Å². The summed E-state index contributed by atoms with van der Waals surface area (Å²) >= 11 is 0. The van der Waals surface area contributed by atoms with E-state index >= 15 is 0 Å². The lowest BCUT2D eigenvalue weighted by molar-refractivity contribution is 0.723. The third-order valence-corrected chi connectivity index (χ3v) is 1.64. The minimum absolute atomic E-state index is 0.655. The highest BCUT2D eigenvalue weighted by atomic mass is 14.9. The van der Waals surface area contributed by atoms with Crippen molar-refractivity contribution in [2.75, 3.05) is 19.6 Å². The summed E-state index contributed by atoms with van der Waals surface area (Å²) in [6, 6.07) is 0. The Labute approximate surface area is 86.8 Å². The molecule has 0 spiro atoms. The van der Waals surface area contributed by atoms with E-state index in [1.807, 2.05) is 19.2 Å². The lowest BCUT2D eigenvalue weighted by Gasteiger charge is -2.05. The molecule has 0 heterocycles. The molecule has 0 rings (SSSR count). The first-order valence-corrected chi connectivity index (χ1v) is 5.02. The Morgan fingerprint density at radius 3 is 3.00 bits per heavy atom. The van der Waals surface area contributed by atoms with Crippen LogP contribution in [0.3, 0.4) is 0 Å². The smallest absolute Gasteiger partial charge is 0.0776 e. The van der Waals surface area contributed by atoms with Crippen LogP contribution in [0.2, 0.25) is 0 Å². The molecule has 0 aliphatic carbocycles. The molecule has 0 aromatic carbocycles. The number of nitrogens with two attached hydrogens (primary N) is 1. The molecule has 0 aliphatic rings. The van der Waals surface area contributed by atoms with Crippen molar-refractivity contribution in [3.63, 3.8) is 0 Å². The lowest BCUT2D eigenvalue weighted by Crippen LogP contribution is -2.18. The van der Waals surface area contributed by atoms with E-state index in [1.54, 1.807) is 0 Å². The highest BCUT2D eigenvalue weighted by Crippen LogP contribution is 1.86. The van der Waals surface area contributed by atoms with Crippen molar-refractivity contribution in [2.45, 2.75) is 19.8 Å². The molecule has 0 radical (unpaired) electrons. The molecule has 3 nitrogen and oxygen atoms in total. The van der Waals surface area contributed by atoms with Crippen LogP contribution in [0.5, 0.6) is 0 Å². The third kappa shape index (κ3) is 9.00. The van der Waals surface area contributed by atoms with Crippen molar-refractivity contribution in [3.05, 3.63) is 24.4 Å². The molecule has 0 fully saturated rings. The average molecular weight is 195 g/mol. The molecule has 0 amide bonds. The van der Waals surface area contributed by atoms with Crippen LogP contribution in [0.4, 0.5) is 0 Å². The fourth-order valence-electron chi connectivity index (χ4n) is 0.869. The molecule has 80 valence electrons. The summed E-state index contributed by atoms with van der Waals surface area (Å²) in [6.45, 7) is 8.12. The number of aliphatic imine (C=N–C) groups is 1. The monoisotopic (exact) mass is 195 g/mol. The summed E-state index contributed by atoms with van der Waals surface area (Å²) in [7, 11) is 0. The van der Waals surface area contributed by atoms with Crippen LogP contribution >= 0.6 is 0 Å². The Morgan fingerprint density at radius 1 is 1.57 bits per heavy atom. The van der Waals surface area contributed by atoms with Gasteiger partial charge in [-0.2, -0.15) is 0 Å². The molecular weight excluding hydrogens is 174 g/mol. The number of hydrogen-bond acceptors (Lipinski definition) is 3. The molecule has 0 atom stereocenters. The number of nitrogens with zero attached hydrogens (tertiary/aromatic N) is 1. The summed E-state index contributed by atoms with van der Waals surface area (Å²) in [5.74, 6) is 0. The van der Waals surface area contributed by atoms with E-state index in [-0.39, 0.29) is 0 Å². The lowest BCUT2D eigenvalue weighted by atomic mass is 10.4. The first-order chi connectivity index (χ1) is 6.81. The second-order valence-corrected chi connectivity index (χ2v) is 3.00. The Balaban J connectivity index is 3.38. The molecule has 0 aromatic heterocycles. The van der Waals surface area contributed by atoms with Gasteiger partial charge >= 0.3 is 0 Å². The second-order valence-electron chi connectivity index (χ2n) is 3.00. The Bertz CT molecular complexity index is 195. The van der Waals surface area contributed by atoms with E-state index in [4.69, 9.17) is 5.73 Å². The van der Waals surface area contributed by atoms with Crippen LogP contribution in [0, 0.1) is 0 Å². The van der Waals surface area contributed by atoms with Crippen LogP contribution < -0.4 is 11.1 Å². The van der Waals surface area contributed by atoms with Crippen molar-refractivity contribution in [3.8, 4) is 0 Å². The van der Waals surface area contributed by atoms with Crippen LogP contribution in [0.1, 0.15) is 19.8 Å². The predicted molar refractivity (Wildman–Crippen MR) is 63.6 cm³/mol. The van der Waals surface area contributed by atoms with Gasteiger partial charge in [-0.3, -0.25) is 4.99 Å². The molecule has 3 heteroatoms. The molecule has 0 saturated heterocycles. The fourth-order valence-corrected chi connectivity index (χ4v) is 0.869. The maximum Gasteiger partial charge on any atom is 0.0776 e. The number of rotatable bonds is 8. The first kappa shape index (κ1) is 12.9. The van der Waals surface area contributed by atoms with Crippen LogP contribution in [-0.4, -0.2) is 25.8 Å². The highest BCUT2D eigenvalue weighted by molar-refractivity contribution is 5.59. The van der Waals surface area contributed by atoms with E-state index in [9.17, 15) is 0 Å². The van der Waals surface area contributed by atoms with Gasteiger partial charge in [0.05, 0.1) is 6.54 Å². The highest BCUT2D eigenvalue weighted by Gasteiger charge is 1.88. The number of allylic oxidation sites excluding steroid dienone is 2. The minimum atomic E-state index is 0.655. The zero-order chi connectivity index (χ0) is 10.6. The van der Waals surface area contributed by atoms with Gasteiger partial charge in [-0.25, -0.2) is 0 Å². The van der Waals surface area contributed by atoms with Gasteiger partial charge in [0.2, 0.25) is 0 Å². The zero-order valence-electron chi connectivity index (χ0n) is 9.00. The van der Waals surface area contributed by atoms with Gasteiger partial charge in [0.15, 0.2) is 0 Å². The van der Waals surface area contributed by atoms with Crippen LogP contribution in [-0.2, 0) is 0 Å². The van der Waals surface area contributed by atoms with Crippen molar-refractivity contribution in [2.24, 2.45) is 10.7 Å². The normalized spacial score (nSPS) is 11.3. The fraction of sp³-hybridized carbons (Fsp3) is 0.545. The SMILES string of the molecule is C=C(C/N=C\C/C=C\C)NCCCN. The molecule has 0 aromatic rings. The summed E-state index contributed by atoms with van der Waals surface area (Å²) in [6.07, 6.45) is 7.85. The van der Waals surface area contributed by atoms with Gasteiger partial charge in [0.25, 0.3) is 0 Å². The summed E-state index contributed by atoms with van der Waals surface area (Å²) in [5, 5.41) is 3.17. The number of nitrogens with one attached hydrogen (secondary N) is 1. The topological polar surface area (TPSA) is 50.4 Å². The van der Waals surface area contributed by atoms with Gasteiger partial charge in [0.1, 0.15) is 0 Å². The van der Waals surface area contributed by atoms with Gasteiger partial charge in [0, 0.05) is 24.9 Å². The number of hydrogen-bond donors (Lipinski definition) is 2. The zero-order valence-corrected chi connectivity index (χ0v) is 9.00. The van der Waals surface area contributed by atoms with Gasteiger partial charge < -0.3 is 11.1 Å². The van der Waals surface area contributed by atoms with E-state index in [2.05, 4.69) is 23.0 Å². The molecule has 3 N–H and O–H groups in total. The van der Waals surface area contributed by atoms with Crippen molar-refractivity contribution in [1.82, 2.24) is 5.32 Å². The summed E-state index contributed by atoms with van der Waals surface area (Å²) in [4.78, 5) is 4.22. The average Bonchev–Trinajstić information content (AvgIpc) is 2.18. The predicted octanol–water partition coefficient (Wildman–Crippen LogP) is 1.48. The van der Waals surface area contributed by atoms with E-state index < -0.39 is 0 Å². The van der Waals surface area contributed by atoms with Crippen molar-refractivity contribution in [1.29, 1.82) is 0 Å². The van der Waals surface area contributed by atoms with E-state index in [1.165, 1.54) is 0 Å². The van der Waals surface area contributed by atoms with Gasteiger partial charge in [-0.05, 0) is 19.9 Å². The molecule has 0 unspecified atom stereocenters. The largest absolute Gasteiger partial charge is 0.387 e. The molecule has 0 aliphatic heterocycles. The Kier molecular flexibility index (Phi) is 9.22. The third-order valence-electron chi connectivity index (χ3n) is 1.64. The second kappa shape index (κ2) is 9.99. The summed E-state index contributed by atoms with van der Waals surface area (Å²) < 4.78 is 0. The van der Waals surface area contributed by atoms with E-state index in [0.717, 1.165) is 25.1 Å². The van der Waals surface area contributed by atoms with Gasteiger partial charge in [-0.1, -0.05) is 18.7 Å². The van der Waals surface area contributed by atoms with Gasteiger partial charge in [-0.15, -0.1) is 0 Å². The quantitative estimate of drug-likeness (QED) is 0.350. The van der Waals surface area contributed by atoms with Crippen molar-refractivity contribution < 1.29 is 0 Å². The Morgan fingerprint density at radius 2 is 2.36 bits per heavy atom. The minimum Gasteiger partial charge on any atom is -0.387 e. The van der Waals surface area contributed by atoms with Crippen LogP contribution in [0.15, 0.2) is 29.4 Å². The Hall–Kier alpha value is -1.09. The standard InChI is InChI=1S/C11H21N3/c1-3-4-5-8-13-10-11(2)14-9-6-7-12/h3-4,8,14H,2,5-7,9-10,12H2,1H3/b4-3-,13-8-. The maximum atomic E-state index is 5.36. The first-order valence-electron chi connectivity index (χ1n) is 5.02. The van der Waals surface area contributed by atoms with Crippen LogP contribution in [0.25, 0.3) is 0 Å². The summed E-state index contributed by atoms with van der Waals surface area (Å²) in [5.41, 5.74) is 6.32. The molecule has 0 saturated carbocycles. The maximum absolute atomic E-state index is 5.36. The van der Waals surface area contributed by atoms with E-state index in [0.29, 0.717) is 13.1 Å². The molecule has 14 heavy (non-hydrogen) atoms. The molecule has 0 bridgehead atoms. The molecular formula is C11H21N3.